The zero-order valence-electron chi connectivity index (χ0n) is 24.2. The van der Waals surface area contributed by atoms with Crippen LogP contribution in [0.5, 0.6) is 11.5 Å². The van der Waals surface area contributed by atoms with Gasteiger partial charge in [0, 0.05) is 50.4 Å². The summed E-state index contributed by atoms with van der Waals surface area (Å²) in [5, 5.41) is 2.57. The second-order valence-electron chi connectivity index (χ2n) is 9.95. The maximum atomic E-state index is 13.8. The van der Waals surface area contributed by atoms with Crippen molar-refractivity contribution in [2.75, 3.05) is 47.0 Å². The number of ether oxygens (including phenoxy) is 3. The van der Waals surface area contributed by atoms with Gasteiger partial charge in [-0.25, -0.2) is 9.79 Å². The van der Waals surface area contributed by atoms with Gasteiger partial charge in [-0.05, 0) is 30.0 Å². The lowest BCUT2D eigenvalue weighted by Gasteiger charge is -2.38. The van der Waals surface area contributed by atoms with Crippen LogP contribution in [0.4, 0.5) is 0 Å². The molecular weight excluding hydrogens is 556 g/mol. The lowest BCUT2D eigenvalue weighted by molar-refractivity contribution is -0.139. The molecule has 0 saturated carbocycles. The molecule has 0 unspecified atom stereocenters. The SMILES string of the molecule is CCOC(=O)C1=C(c2ccccc2)N=C2SC=C(CC(=O)N3CCN(C(C)=O)CC3)N2[C@@H]1c1cc(OC)cc(OC)c1. The van der Waals surface area contributed by atoms with Gasteiger partial charge >= 0.3 is 5.97 Å². The van der Waals surface area contributed by atoms with Gasteiger partial charge in [0.05, 0.1) is 44.6 Å². The van der Waals surface area contributed by atoms with Crippen molar-refractivity contribution >= 4 is 40.4 Å². The molecule has 3 aliphatic rings. The number of piperazine rings is 1. The quantitative estimate of drug-likeness (QED) is 0.425. The molecule has 10 nitrogen and oxygen atoms in total. The van der Waals surface area contributed by atoms with E-state index in [0.29, 0.717) is 54.1 Å². The lowest BCUT2D eigenvalue weighted by atomic mass is 9.91. The van der Waals surface area contributed by atoms with Gasteiger partial charge in [-0.3, -0.25) is 9.59 Å². The predicted molar refractivity (Wildman–Crippen MR) is 161 cm³/mol. The number of benzene rings is 2. The molecule has 0 N–H and O–H groups in total. The fourth-order valence-electron chi connectivity index (χ4n) is 5.33. The molecule has 11 heteroatoms. The third-order valence-electron chi connectivity index (χ3n) is 7.45. The molecule has 220 valence electrons. The number of carbonyl (C=O) groups excluding carboxylic acids is 3. The Labute approximate surface area is 249 Å². The number of rotatable bonds is 8. The van der Waals surface area contributed by atoms with Crippen LogP contribution in [0.3, 0.4) is 0 Å². The Bertz CT molecular complexity index is 1440. The molecule has 42 heavy (non-hydrogen) atoms. The predicted octanol–water partition coefficient (Wildman–Crippen LogP) is 4.06. The first kappa shape index (κ1) is 29.2. The van der Waals surface area contributed by atoms with Gasteiger partial charge in [-0.15, -0.1) is 0 Å². The molecule has 2 aromatic rings. The maximum absolute atomic E-state index is 13.8. The summed E-state index contributed by atoms with van der Waals surface area (Å²) >= 11 is 1.41. The van der Waals surface area contributed by atoms with E-state index in [9.17, 15) is 14.4 Å². The van der Waals surface area contributed by atoms with Crippen molar-refractivity contribution in [3.05, 3.63) is 76.3 Å². The Kier molecular flexibility index (Phi) is 8.86. The highest BCUT2D eigenvalue weighted by molar-refractivity contribution is 8.16. The number of aliphatic imine (C=N–C) groups is 1. The van der Waals surface area contributed by atoms with E-state index < -0.39 is 12.0 Å². The van der Waals surface area contributed by atoms with Gasteiger partial charge in [0.2, 0.25) is 11.8 Å². The Morgan fingerprint density at radius 3 is 2.19 bits per heavy atom. The normalized spacial score (nSPS) is 18.3. The van der Waals surface area contributed by atoms with Crippen LogP contribution in [0.15, 0.2) is 70.2 Å². The molecule has 2 aromatic carbocycles. The highest BCUT2D eigenvalue weighted by atomic mass is 32.2. The van der Waals surface area contributed by atoms with Crippen LogP contribution in [0.25, 0.3) is 5.70 Å². The largest absolute Gasteiger partial charge is 0.497 e. The molecule has 1 saturated heterocycles. The third-order valence-corrected chi connectivity index (χ3v) is 8.34. The minimum absolute atomic E-state index is 0.00947. The standard InChI is InChI=1S/C31H34N4O6S/c1-5-41-30(38)27-28(21-9-7-6-8-10-21)32-31-35(29(27)22-15-24(39-3)18-25(16-22)40-4)23(19-42-31)17-26(37)34-13-11-33(12-14-34)20(2)36/h6-10,15-16,18-19,29H,5,11-14,17H2,1-4H3/t29-/m1/s1. The van der Waals surface area contributed by atoms with Crippen molar-refractivity contribution in [1.29, 1.82) is 0 Å². The first-order chi connectivity index (χ1) is 20.3. The number of amidine groups is 1. The zero-order valence-corrected chi connectivity index (χ0v) is 25.0. The van der Waals surface area contributed by atoms with Crippen LogP contribution in [0.1, 0.15) is 37.4 Å². The van der Waals surface area contributed by atoms with Crippen LogP contribution in [0.2, 0.25) is 0 Å². The fraction of sp³-hybridized carbons (Fsp3) is 0.355. The number of fused-ring (bicyclic) bond motifs is 1. The highest BCUT2D eigenvalue weighted by Crippen LogP contribution is 2.48. The average molecular weight is 591 g/mol. The Balaban J connectivity index is 1.58. The van der Waals surface area contributed by atoms with E-state index >= 15 is 0 Å². The monoisotopic (exact) mass is 590 g/mol. The minimum atomic E-state index is -0.667. The van der Waals surface area contributed by atoms with Crippen molar-refractivity contribution in [2.24, 2.45) is 4.99 Å². The molecule has 1 fully saturated rings. The maximum Gasteiger partial charge on any atom is 0.338 e. The molecule has 1 atom stereocenters. The van der Waals surface area contributed by atoms with Crippen molar-refractivity contribution in [2.45, 2.75) is 26.3 Å². The number of nitrogens with zero attached hydrogens (tertiary/aromatic N) is 4. The van der Waals surface area contributed by atoms with Crippen LogP contribution >= 0.6 is 11.8 Å². The van der Waals surface area contributed by atoms with E-state index in [1.165, 1.54) is 11.8 Å². The van der Waals surface area contributed by atoms with Gasteiger partial charge < -0.3 is 28.9 Å². The van der Waals surface area contributed by atoms with E-state index in [1.807, 2.05) is 52.8 Å². The highest BCUT2D eigenvalue weighted by Gasteiger charge is 2.43. The second-order valence-corrected chi connectivity index (χ2v) is 10.8. The molecule has 2 amide bonds. The Morgan fingerprint density at radius 2 is 1.60 bits per heavy atom. The summed E-state index contributed by atoms with van der Waals surface area (Å²) in [7, 11) is 3.15. The summed E-state index contributed by atoms with van der Waals surface area (Å²) < 4.78 is 16.8. The van der Waals surface area contributed by atoms with Gasteiger partial charge in [0.15, 0.2) is 5.17 Å². The molecular formula is C31H34N4O6S. The second kappa shape index (κ2) is 12.7. The van der Waals surface area contributed by atoms with E-state index in [-0.39, 0.29) is 24.8 Å². The molecule has 0 aromatic heterocycles. The van der Waals surface area contributed by atoms with E-state index in [0.717, 1.165) is 16.8 Å². The number of carbonyl (C=O) groups is 3. The van der Waals surface area contributed by atoms with Crippen LogP contribution < -0.4 is 9.47 Å². The van der Waals surface area contributed by atoms with E-state index in [2.05, 4.69) is 0 Å². The van der Waals surface area contributed by atoms with Gasteiger partial charge in [0.1, 0.15) is 11.5 Å². The number of hydrogen-bond acceptors (Lipinski definition) is 9. The van der Waals surface area contributed by atoms with Gasteiger partial charge in [0.25, 0.3) is 0 Å². The number of methoxy groups -OCH3 is 2. The number of hydrogen-bond donors (Lipinski definition) is 0. The molecule has 5 rings (SSSR count). The van der Waals surface area contributed by atoms with Crippen molar-refractivity contribution in [3.8, 4) is 11.5 Å². The smallest absolute Gasteiger partial charge is 0.338 e. The zero-order chi connectivity index (χ0) is 29.8. The summed E-state index contributed by atoms with van der Waals surface area (Å²) in [6.07, 6.45) is 0.112. The number of esters is 1. The van der Waals surface area contributed by atoms with Crippen LogP contribution in [0, 0.1) is 0 Å². The van der Waals surface area contributed by atoms with Gasteiger partial charge in [-0.2, -0.15) is 0 Å². The molecule has 3 heterocycles. The Morgan fingerprint density at radius 1 is 0.952 bits per heavy atom. The summed E-state index contributed by atoms with van der Waals surface area (Å²) in [5.41, 5.74) is 3.10. The van der Waals surface area contributed by atoms with E-state index in [1.54, 1.807) is 43.9 Å². The van der Waals surface area contributed by atoms with Crippen molar-refractivity contribution < 1.29 is 28.6 Å². The summed E-state index contributed by atoms with van der Waals surface area (Å²) in [6.45, 7) is 5.47. The summed E-state index contributed by atoms with van der Waals surface area (Å²) in [5.74, 6) is 0.595. The van der Waals surface area contributed by atoms with Crippen LogP contribution in [-0.2, 0) is 19.1 Å². The Hall–Kier alpha value is -4.25. The molecule has 0 bridgehead atoms. The molecule has 0 radical (unpaired) electrons. The molecule has 0 aliphatic carbocycles. The fourth-order valence-corrected chi connectivity index (χ4v) is 6.25. The summed E-state index contributed by atoms with van der Waals surface area (Å²) in [6, 6.07) is 14.4. The molecule has 0 spiro atoms. The van der Waals surface area contributed by atoms with Crippen molar-refractivity contribution in [1.82, 2.24) is 14.7 Å². The number of thioether (sulfide) groups is 1. The lowest BCUT2D eigenvalue weighted by Crippen LogP contribution is -2.50. The topological polar surface area (TPSA) is 101 Å². The first-order valence-electron chi connectivity index (χ1n) is 13.8. The summed E-state index contributed by atoms with van der Waals surface area (Å²) in [4.78, 5) is 49.5. The average Bonchev–Trinajstić information content (AvgIpc) is 3.42. The minimum Gasteiger partial charge on any atom is -0.497 e. The van der Waals surface area contributed by atoms with Gasteiger partial charge in [-0.1, -0.05) is 42.1 Å². The van der Waals surface area contributed by atoms with E-state index in [4.69, 9.17) is 19.2 Å². The molecule has 3 aliphatic heterocycles. The first-order valence-corrected chi connectivity index (χ1v) is 14.7. The third kappa shape index (κ3) is 5.87. The van der Waals surface area contributed by atoms with Crippen molar-refractivity contribution in [3.63, 3.8) is 0 Å². The number of amides is 2. The van der Waals surface area contributed by atoms with Crippen LogP contribution in [-0.4, -0.2) is 84.7 Å².